The maximum absolute atomic E-state index is 14.1. The third-order valence-electron chi connectivity index (χ3n) is 3.62. The predicted molar refractivity (Wildman–Crippen MR) is 88.9 cm³/mol. The van der Waals surface area contributed by atoms with Crippen molar-refractivity contribution in [3.63, 3.8) is 0 Å². The molecule has 0 radical (unpaired) electrons. The van der Waals surface area contributed by atoms with E-state index in [0.717, 1.165) is 30.7 Å². The Morgan fingerprint density at radius 2 is 1.64 bits per heavy atom. The van der Waals surface area contributed by atoms with Crippen LogP contribution in [0.25, 0.3) is 22.5 Å². The number of rotatable bonds is 3. The molecule has 0 aliphatic carbocycles. The molecule has 0 atom stereocenters. The summed E-state index contributed by atoms with van der Waals surface area (Å²) in [5.41, 5.74) is -0.271. The van der Waals surface area contributed by atoms with Gasteiger partial charge in [-0.2, -0.15) is 0 Å². The maximum Gasteiger partial charge on any atom is 0.193 e. The lowest BCUT2D eigenvalue weighted by Crippen LogP contribution is -2.06. The highest BCUT2D eigenvalue weighted by Crippen LogP contribution is 2.31. The van der Waals surface area contributed by atoms with Crippen LogP contribution < -0.4 is 5.43 Å². The van der Waals surface area contributed by atoms with E-state index in [1.54, 1.807) is 0 Å². The van der Waals surface area contributed by atoms with Gasteiger partial charge in [-0.1, -0.05) is 0 Å². The summed E-state index contributed by atoms with van der Waals surface area (Å²) in [6.07, 6.45) is 2.23. The van der Waals surface area contributed by atoms with Crippen LogP contribution in [0.1, 0.15) is 0 Å². The van der Waals surface area contributed by atoms with Gasteiger partial charge in [0.25, 0.3) is 0 Å². The molecule has 7 heteroatoms. The highest BCUT2D eigenvalue weighted by atomic mass is 32.2. The molecule has 3 rings (SSSR count). The van der Waals surface area contributed by atoms with Crippen molar-refractivity contribution in [1.29, 1.82) is 0 Å². The highest BCUT2D eigenvalue weighted by molar-refractivity contribution is 7.90. The first-order valence-electron chi connectivity index (χ1n) is 7.15. The van der Waals surface area contributed by atoms with Crippen molar-refractivity contribution in [1.82, 2.24) is 0 Å². The normalized spacial score (nSPS) is 11.5. The highest BCUT2D eigenvalue weighted by Gasteiger charge is 2.18. The monoisotopic (exact) mass is 362 g/mol. The van der Waals surface area contributed by atoms with E-state index in [0.29, 0.717) is 11.6 Å². The van der Waals surface area contributed by atoms with Crippen molar-refractivity contribution in [2.45, 2.75) is 4.90 Å². The summed E-state index contributed by atoms with van der Waals surface area (Å²) >= 11 is 0. The summed E-state index contributed by atoms with van der Waals surface area (Å²) in [5.74, 6) is -1.59. The molecular formula is C18H12F2O4S. The standard InChI is InChI=1S/C18H12F2O4S/c1-25(22,23)13-5-2-11(3-6-13)18-17(16(21)8-9-24-18)14-7-4-12(19)10-15(14)20/h2-10H,1H3. The Morgan fingerprint density at radius 3 is 2.24 bits per heavy atom. The Labute approximate surface area is 142 Å². The summed E-state index contributed by atoms with van der Waals surface area (Å²) in [5, 5.41) is 0. The zero-order valence-electron chi connectivity index (χ0n) is 13.0. The average Bonchev–Trinajstić information content (AvgIpc) is 2.55. The van der Waals surface area contributed by atoms with E-state index < -0.39 is 26.9 Å². The van der Waals surface area contributed by atoms with E-state index in [1.807, 2.05) is 0 Å². The molecule has 1 heterocycles. The molecule has 0 bridgehead atoms. The predicted octanol–water partition coefficient (Wildman–Crippen LogP) is 3.66. The molecule has 0 spiro atoms. The van der Waals surface area contributed by atoms with E-state index in [-0.39, 0.29) is 21.8 Å². The zero-order chi connectivity index (χ0) is 18.2. The molecular weight excluding hydrogens is 350 g/mol. The molecule has 0 aliphatic rings. The van der Waals surface area contributed by atoms with Crippen LogP contribution in [0.4, 0.5) is 8.78 Å². The van der Waals surface area contributed by atoms with E-state index >= 15 is 0 Å². The number of benzene rings is 2. The fourth-order valence-electron chi connectivity index (χ4n) is 2.43. The van der Waals surface area contributed by atoms with Crippen LogP contribution in [-0.4, -0.2) is 14.7 Å². The Morgan fingerprint density at radius 1 is 0.960 bits per heavy atom. The summed E-state index contributed by atoms with van der Waals surface area (Å²) in [4.78, 5) is 12.4. The average molecular weight is 362 g/mol. The first-order chi connectivity index (χ1) is 11.8. The van der Waals surface area contributed by atoms with Gasteiger partial charge in [-0.3, -0.25) is 4.79 Å². The summed E-state index contributed by atoms with van der Waals surface area (Å²) in [6, 6.07) is 9.65. The van der Waals surface area contributed by atoms with Gasteiger partial charge in [0.15, 0.2) is 15.3 Å². The third kappa shape index (κ3) is 3.36. The van der Waals surface area contributed by atoms with Gasteiger partial charge in [0.1, 0.15) is 17.4 Å². The second kappa shape index (κ2) is 6.25. The molecule has 0 aliphatic heterocycles. The zero-order valence-corrected chi connectivity index (χ0v) is 13.8. The lowest BCUT2D eigenvalue weighted by molar-refractivity contribution is 0.562. The molecule has 3 aromatic rings. The number of halogens is 2. The van der Waals surface area contributed by atoms with E-state index in [4.69, 9.17) is 4.42 Å². The molecule has 0 N–H and O–H groups in total. The molecule has 0 saturated heterocycles. The smallest absolute Gasteiger partial charge is 0.193 e. The van der Waals surface area contributed by atoms with Crippen molar-refractivity contribution in [3.05, 3.63) is 76.7 Å². The van der Waals surface area contributed by atoms with Gasteiger partial charge in [0, 0.05) is 29.5 Å². The quantitative estimate of drug-likeness (QED) is 0.713. The molecule has 4 nitrogen and oxygen atoms in total. The van der Waals surface area contributed by atoms with Crippen LogP contribution in [0, 0.1) is 11.6 Å². The second-order valence-electron chi connectivity index (χ2n) is 5.41. The Kier molecular flexibility index (Phi) is 4.26. The molecule has 0 fully saturated rings. The lowest BCUT2D eigenvalue weighted by Gasteiger charge is -2.09. The van der Waals surface area contributed by atoms with Crippen LogP contribution in [0.3, 0.4) is 0 Å². The van der Waals surface area contributed by atoms with Gasteiger partial charge in [-0.25, -0.2) is 17.2 Å². The van der Waals surface area contributed by atoms with Gasteiger partial charge < -0.3 is 4.42 Å². The summed E-state index contributed by atoms with van der Waals surface area (Å²) in [7, 11) is -3.38. The van der Waals surface area contributed by atoms with Crippen molar-refractivity contribution in [3.8, 4) is 22.5 Å². The third-order valence-corrected chi connectivity index (χ3v) is 4.75. The van der Waals surface area contributed by atoms with Gasteiger partial charge in [0.05, 0.1) is 16.7 Å². The topological polar surface area (TPSA) is 64.3 Å². The molecule has 0 unspecified atom stereocenters. The fraction of sp³-hybridized carbons (Fsp3) is 0.0556. The molecule has 128 valence electrons. The van der Waals surface area contributed by atoms with Crippen LogP contribution in [0.15, 0.2) is 68.9 Å². The molecule has 1 aromatic heterocycles. The van der Waals surface area contributed by atoms with Crippen LogP contribution in [-0.2, 0) is 9.84 Å². The Hall–Kier alpha value is -2.80. The first-order valence-corrected chi connectivity index (χ1v) is 9.04. The Bertz CT molecular complexity index is 1100. The minimum Gasteiger partial charge on any atom is -0.463 e. The van der Waals surface area contributed by atoms with Crippen molar-refractivity contribution in [2.24, 2.45) is 0 Å². The van der Waals surface area contributed by atoms with Crippen LogP contribution in [0.5, 0.6) is 0 Å². The largest absolute Gasteiger partial charge is 0.463 e. The van der Waals surface area contributed by atoms with Gasteiger partial charge in [-0.05, 0) is 36.4 Å². The van der Waals surface area contributed by atoms with Gasteiger partial charge in [-0.15, -0.1) is 0 Å². The van der Waals surface area contributed by atoms with Crippen LogP contribution >= 0.6 is 0 Å². The van der Waals surface area contributed by atoms with E-state index in [1.165, 1.54) is 24.3 Å². The first kappa shape index (κ1) is 17.0. The van der Waals surface area contributed by atoms with E-state index in [2.05, 4.69) is 0 Å². The van der Waals surface area contributed by atoms with E-state index in [9.17, 15) is 22.0 Å². The van der Waals surface area contributed by atoms with Crippen molar-refractivity contribution < 1.29 is 21.6 Å². The molecule has 2 aromatic carbocycles. The second-order valence-corrected chi connectivity index (χ2v) is 7.43. The summed E-state index contributed by atoms with van der Waals surface area (Å²) in [6.45, 7) is 0. The minimum atomic E-state index is -3.38. The number of hydrogen-bond acceptors (Lipinski definition) is 4. The lowest BCUT2D eigenvalue weighted by atomic mass is 10.00. The van der Waals surface area contributed by atoms with Gasteiger partial charge in [0.2, 0.25) is 0 Å². The fourth-order valence-corrected chi connectivity index (χ4v) is 3.06. The summed E-state index contributed by atoms with van der Waals surface area (Å²) < 4.78 is 55.7. The van der Waals surface area contributed by atoms with Crippen LogP contribution in [0.2, 0.25) is 0 Å². The SMILES string of the molecule is CS(=O)(=O)c1ccc(-c2occc(=O)c2-c2ccc(F)cc2F)cc1. The number of sulfone groups is 1. The van der Waals surface area contributed by atoms with Crippen molar-refractivity contribution in [2.75, 3.05) is 6.26 Å². The Balaban J connectivity index is 2.22. The number of hydrogen-bond donors (Lipinski definition) is 0. The molecule has 25 heavy (non-hydrogen) atoms. The van der Waals surface area contributed by atoms with Crippen molar-refractivity contribution >= 4 is 9.84 Å². The minimum absolute atomic E-state index is 0.0629. The molecule has 0 amide bonds. The molecule has 0 saturated carbocycles. The van der Waals surface area contributed by atoms with Gasteiger partial charge >= 0.3 is 0 Å². The maximum atomic E-state index is 14.1.